The van der Waals surface area contributed by atoms with E-state index in [2.05, 4.69) is 21.1 Å². The largest absolute Gasteiger partial charge is 0.359 e. The number of nitrogens with two attached hydrogens (primary N) is 1. The van der Waals surface area contributed by atoms with Crippen molar-refractivity contribution >= 4 is 15.9 Å². The molecule has 15 heavy (non-hydrogen) atoms. The summed E-state index contributed by atoms with van der Waals surface area (Å²) in [6.45, 7) is 1.87. The van der Waals surface area contributed by atoms with Gasteiger partial charge in [-0.15, -0.1) is 0 Å². The van der Waals surface area contributed by atoms with Gasteiger partial charge in [-0.2, -0.15) is 0 Å². The van der Waals surface area contributed by atoms with Gasteiger partial charge in [-0.05, 0) is 19.1 Å². The van der Waals surface area contributed by atoms with Gasteiger partial charge < -0.3 is 10.3 Å². The molecule has 0 amide bonds. The van der Waals surface area contributed by atoms with E-state index in [1.165, 1.54) is 0 Å². The van der Waals surface area contributed by atoms with Crippen LogP contribution in [0.2, 0.25) is 0 Å². The molecular formula is C11H11BrN2O. The molecule has 0 saturated carbocycles. The van der Waals surface area contributed by atoms with Gasteiger partial charge >= 0.3 is 0 Å². The lowest BCUT2D eigenvalue weighted by Gasteiger charge is -1.95. The van der Waals surface area contributed by atoms with Crippen molar-refractivity contribution in [2.75, 3.05) is 0 Å². The van der Waals surface area contributed by atoms with E-state index in [0.29, 0.717) is 5.76 Å². The van der Waals surface area contributed by atoms with Crippen LogP contribution < -0.4 is 5.73 Å². The van der Waals surface area contributed by atoms with E-state index in [9.17, 15) is 0 Å². The molecule has 2 aromatic rings. The molecule has 2 rings (SSSR count). The second kappa shape index (κ2) is 4.16. The molecule has 0 radical (unpaired) electrons. The van der Waals surface area contributed by atoms with Crippen LogP contribution in [0.1, 0.15) is 18.7 Å². The van der Waals surface area contributed by atoms with Gasteiger partial charge in [0, 0.05) is 16.1 Å². The molecule has 0 bridgehead atoms. The van der Waals surface area contributed by atoms with Crippen LogP contribution in [0.25, 0.3) is 11.3 Å². The second-order valence-electron chi connectivity index (χ2n) is 3.41. The average molecular weight is 267 g/mol. The van der Waals surface area contributed by atoms with Gasteiger partial charge in [-0.1, -0.05) is 33.2 Å². The number of halogens is 1. The molecule has 1 atom stereocenters. The van der Waals surface area contributed by atoms with E-state index in [0.717, 1.165) is 15.7 Å². The molecule has 1 aromatic carbocycles. The third-order valence-electron chi connectivity index (χ3n) is 2.12. The van der Waals surface area contributed by atoms with Crippen molar-refractivity contribution < 1.29 is 4.52 Å². The Labute approximate surface area is 96.4 Å². The van der Waals surface area contributed by atoms with Crippen molar-refractivity contribution in [3.05, 3.63) is 40.6 Å². The minimum absolute atomic E-state index is 0.123. The third kappa shape index (κ3) is 2.27. The van der Waals surface area contributed by atoms with Crippen molar-refractivity contribution in [3.63, 3.8) is 0 Å². The van der Waals surface area contributed by atoms with Gasteiger partial charge in [0.1, 0.15) is 5.69 Å². The fraction of sp³-hybridized carbons (Fsp3) is 0.182. The number of aromatic nitrogens is 1. The molecule has 0 aliphatic rings. The summed E-state index contributed by atoms with van der Waals surface area (Å²) in [5.74, 6) is 0.702. The lowest BCUT2D eigenvalue weighted by atomic mass is 10.1. The molecule has 0 spiro atoms. The lowest BCUT2D eigenvalue weighted by Crippen LogP contribution is -2.02. The molecule has 0 saturated heterocycles. The van der Waals surface area contributed by atoms with Gasteiger partial charge in [0.15, 0.2) is 5.76 Å². The first-order valence-corrected chi connectivity index (χ1v) is 5.44. The highest BCUT2D eigenvalue weighted by atomic mass is 79.9. The van der Waals surface area contributed by atoms with Crippen molar-refractivity contribution in [3.8, 4) is 11.3 Å². The Hall–Kier alpha value is -1.13. The smallest absolute Gasteiger partial charge is 0.153 e. The van der Waals surface area contributed by atoms with Crippen LogP contribution in [-0.4, -0.2) is 5.16 Å². The standard InChI is InChI=1S/C11H11BrN2O/c1-7(13)11-6-10(14-15-11)8-2-4-9(12)5-3-8/h2-7H,13H2,1H3. The fourth-order valence-corrected chi connectivity index (χ4v) is 1.52. The number of hydrogen-bond donors (Lipinski definition) is 1. The SMILES string of the molecule is CC(N)c1cc(-c2ccc(Br)cc2)no1. The highest BCUT2D eigenvalue weighted by Gasteiger charge is 2.09. The zero-order valence-corrected chi connectivity index (χ0v) is 9.86. The van der Waals surface area contributed by atoms with Crippen LogP contribution in [0.3, 0.4) is 0 Å². The maximum atomic E-state index is 5.69. The van der Waals surface area contributed by atoms with Crippen molar-refractivity contribution in [1.82, 2.24) is 5.16 Å². The average Bonchev–Trinajstić information content (AvgIpc) is 2.68. The molecule has 1 heterocycles. The van der Waals surface area contributed by atoms with Crippen LogP contribution >= 0.6 is 15.9 Å². The Kier molecular flexibility index (Phi) is 2.88. The summed E-state index contributed by atoms with van der Waals surface area (Å²) >= 11 is 3.38. The minimum atomic E-state index is -0.123. The van der Waals surface area contributed by atoms with Gasteiger partial charge in [0.2, 0.25) is 0 Å². The number of nitrogens with zero attached hydrogens (tertiary/aromatic N) is 1. The molecule has 78 valence electrons. The van der Waals surface area contributed by atoms with E-state index in [4.69, 9.17) is 10.3 Å². The number of benzene rings is 1. The zero-order chi connectivity index (χ0) is 10.8. The summed E-state index contributed by atoms with van der Waals surface area (Å²) < 4.78 is 6.17. The van der Waals surface area contributed by atoms with Gasteiger partial charge in [0.25, 0.3) is 0 Å². The summed E-state index contributed by atoms with van der Waals surface area (Å²) in [7, 11) is 0. The summed E-state index contributed by atoms with van der Waals surface area (Å²) in [6.07, 6.45) is 0. The predicted molar refractivity (Wildman–Crippen MR) is 62.2 cm³/mol. The van der Waals surface area contributed by atoms with Crippen molar-refractivity contribution in [2.45, 2.75) is 13.0 Å². The number of rotatable bonds is 2. The molecule has 4 heteroatoms. The maximum Gasteiger partial charge on any atom is 0.153 e. The zero-order valence-electron chi connectivity index (χ0n) is 8.27. The molecule has 0 aliphatic carbocycles. The van der Waals surface area contributed by atoms with E-state index in [1.54, 1.807) is 0 Å². The highest BCUT2D eigenvalue weighted by molar-refractivity contribution is 9.10. The van der Waals surface area contributed by atoms with E-state index in [1.807, 2.05) is 37.3 Å². The van der Waals surface area contributed by atoms with E-state index in [-0.39, 0.29) is 6.04 Å². The highest BCUT2D eigenvalue weighted by Crippen LogP contribution is 2.23. The first-order valence-electron chi connectivity index (χ1n) is 4.65. The Balaban J connectivity index is 2.33. The Bertz CT molecular complexity index is 448. The Morgan fingerprint density at radius 2 is 2.00 bits per heavy atom. The molecule has 1 aromatic heterocycles. The van der Waals surface area contributed by atoms with Crippen LogP contribution in [0.4, 0.5) is 0 Å². The van der Waals surface area contributed by atoms with E-state index < -0.39 is 0 Å². The van der Waals surface area contributed by atoms with E-state index >= 15 is 0 Å². The summed E-state index contributed by atoms with van der Waals surface area (Å²) in [6, 6.07) is 9.64. The number of hydrogen-bond acceptors (Lipinski definition) is 3. The second-order valence-corrected chi connectivity index (χ2v) is 4.33. The molecule has 3 nitrogen and oxygen atoms in total. The Morgan fingerprint density at radius 3 is 2.53 bits per heavy atom. The monoisotopic (exact) mass is 266 g/mol. The quantitative estimate of drug-likeness (QED) is 0.909. The first kappa shape index (κ1) is 10.4. The summed E-state index contributed by atoms with van der Waals surface area (Å²) in [5.41, 5.74) is 7.52. The maximum absolute atomic E-state index is 5.69. The molecular weight excluding hydrogens is 256 g/mol. The molecule has 2 N–H and O–H groups in total. The first-order chi connectivity index (χ1) is 7.16. The van der Waals surface area contributed by atoms with Gasteiger partial charge in [-0.3, -0.25) is 0 Å². The Morgan fingerprint density at radius 1 is 1.33 bits per heavy atom. The van der Waals surface area contributed by atoms with Crippen LogP contribution in [-0.2, 0) is 0 Å². The molecule has 1 unspecified atom stereocenters. The van der Waals surface area contributed by atoms with Gasteiger partial charge in [-0.25, -0.2) is 0 Å². The summed E-state index contributed by atoms with van der Waals surface area (Å²) in [5, 5.41) is 3.97. The van der Waals surface area contributed by atoms with Crippen LogP contribution in [0.5, 0.6) is 0 Å². The lowest BCUT2D eigenvalue weighted by molar-refractivity contribution is 0.369. The predicted octanol–water partition coefficient (Wildman–Crippen LogP) is 3.12. The normalized spacial score (nSPS) is 12.7. The third-order valence-corrected chi connectivity index (χ3v) is 2.65. The van der Waals surface area contributed by atoms with Crippen molar-refractivity contribution in [1.29, 1.82) is 0 Å². The van der Waals surface area contributed by atoms with Crippen LogP contribution in [0.15, 0.2) is 39.3 Å². The van der Waals surface area contributed by atoms with Gasteiger partial charge in [0.05, 0.1) is 6.04 Å². The van der Waals surface area contributed by atoms with Crippen LogP contribution in [0, 0.1) is 0 Å². The minimum Gasteiger partial charge on any atom is -0.359 e. The summed E-state index contributed by atoms with van der Waals surface area (Å²) in [4.78, 5) is 0. The topological polar surface area (TPSA) is 52.0 Å². The fourth-order valence-electron chi connectivity index (χ4n) is 1.26. The molecule has 0 fully saturated rings. The van der Waals surface area contributed by atoms with Crippen molar-refractivity contribution in [2.24, 2.45) is 5.73 Å². The molecule has 0 aliphatic heterocycles.